The highest BCUT2D eigenvalue weighted by Gasteiger charge is 2.28. The molecule has 0 bridgehead atoms. The molecule has 0 radical (unpaired) electrons. The Balaban J connectivity index is 0.00000144. The SMILES string of the molecule is COc1ccccc1C1NCC(C)(C)CO1.Cl. The summed E-state index contributed by atoms with van der Waals surface area (Å²) >= 11 is 0. The first kappa shape index (κ1) is 14.3. The smallest absolute Gasteiger partial charge is 0.137 e. The van der Waals surface area contributed by atoms with E-state index < -0.39 is 0 Å². The van der Waals surface area contributed by atoms with Crippen molar-refractivity contribution in [2.24, 2.45) is 5.41 Å². The van der Waals surface area contributed by atoms with E-state index in [1.165, 1.54) is 0 Å². The van der Waals surface area contributed by atoms with Gasteiger partial charge in [0, 0.05) is 17.5 Å². The van der Waals surface area contributed by atoms with Crippen LogP contribution in [0.5, 0.6) is 5.75 Å². The number of halogens is 1. The minimum Gasteiger partial charge on any atom is -0.496 e. The molecule has 1 atom stereocenters. The average molecular weight is 258 g/mol. The first-order valence-corrected chi connectivity index (χ1v) is 5.60. The molecule has 0 amide bonds. The molecule has 0 saturated carbocycles. The molecule has 0 aliphatic carbocycles. The van der Waals surface area contributed by atoms with E-state index >= 15 is 0 Å². The molecule has 1 fully saturated rings. The number of hydrogen-bond donors (Lipinski definition) is 1. The van der Waals surface area contributed by atoms with Gasteiger partial charge in [0.25, 0.3) is 0 Å². The van der Waals surface area contributed by atoms with Gasteiger partial charge in [0.15, 0.2) is 0 Å². The minimum absolute atomic E-state index is 0. The van der Waals surface area contributed by atoms with Gasteiger partial charge in [-0.2, -0.15) is 0 Å². The highest BCUT2D eigenvalue weighted by atomic mass is 35.5. The van der Waals surface area contributed by atoms with Crippen LogP contribution in [0.4, 0.5) is 0 Å². The van der Waals surface area contributed by atoms with Crippen LogP contribution in [0.15, 0.2) is 24.3 Å². The molecular formula is C13H20ClNO2. The Morgan fingerprint density at radius 1 is 1.35 bits per heavy atom. The van der Waals surface area contributed by atoms with Crippen molar-refractivity contribution in [3.8, 4) is 5.75 Å². The van der Waals surface area contributed by atoms with E-state index in [0.717, 1.165) is 24.5 Å². The van der Waals surface area contributed by atoms with Crippen LogP contribution < -0.4 is 10.1 Å². The molecule has 1 aromatic rings. The number of methoxy groups -OCH3 is 1. The monoisotopic (exact) mass is 257 g/mol. The van der Waals surface area contributed by atoms with Crippen molar-refractivity contribution < 1.29 is 9.47 Å². The second-order valence-corrected chi connectivity index (χ2v) is 4.98. The topological polar surface area (TPSA) is 30.5 Å². The summed E-state index contributed by atoms with van der Waals surface area (Å²) in [5.74, 6) is 0.875. The molecule has 3 nitrogen and oxygen atoms in total. The molecular weight excluding hydrogens is 238 g/mol. The van der Waals surface area contributed by atoms with Crippen LogP contribution in [0.25, 0.3) is 0 Å². The maximum atomic E-state index is 5.83. The largest absolute Gasteiger partial charge is 0.496 e. The fourth-order valence-electron chi connectivity index (χ4n) is 1.87. The molecule has 1 heterocycles. The highest BCUT2D eigenvalue weighted by molar-refractivity contribution is 5.85. The second-order valence-electron chi connectivity index (χ2n) is 4.98. The molecule has 0 aromatic heterocycles. The lowest BCUT2D eigenvalue weighted by atomic mass is 9.93. The number of ether oxygens (including phenoxy) is 2. The van der Waals surface area contributed by atoms with Crippen LogP contribution in [0.3, 0.4) is 0 Å². The fraction of sp³-hybridized carbons (Fsp3) is 0.538. The standard InChI is InChI=1S/C13H19NO2.ClH/c1-13(2)8-14-12(16-9-13)10-6-4-5-7-11(10)15-3;/h4-7,12,14H,8-9H2,1-3H3;1H. The van der Waals surface area contributed by atoms with E-state index in [4.69, 9.17) is 9.47 Å². The highest BCUT2D eigenvalue weighted by Crippen LogP contribution is 2.31. The lowest BCUT2D eigenvalue weighted by molar-refractivity contribution is -0.0603. The van der Waals surface area contributed by atoms with Crippen LogP contribution in [0.1, 0.15) is 25.6 Å². The summed E-state index contributed by atoms with van der Waals surface area (Å²) < 4.78 is 11.2. The molecule has 4 heteroatoms. The summed E-state index contributed by atoms with van der Waals surface area (Å²) in [5, 5.41) is 3.40. The van der Waals surface area contributed by atoms with Gasteiger partial charge in [0.1, 0.15) is 12.0 Å². The van der Waals surface area contributed by atoms with Gasteiger partial charge >= 0.3 is 0 Å². The number of hydrogen-bond acceptors (Lipinski definition) is 3. The zero-order valence-electron chi connectivity index (χ0n) is 10.5. The number of rotatable bonds is 2. The normalized spacial score (nSPS) is 22.6. The van der Waals surface area contributed by atoms with Crippen LogP contribution in [-0.4, -0.2) is 20.3 Å². The third-order valence-electron chi connectivity index (χ3n) is 2.83. The summed E-state index contributed by atoms with van der Waals surface area (Å²) in [5.41, 5.74) is 1.28. The fourth-order valence-corrected chi connectivity index (χ4v) is 1.87. The molecule has 1 aromatic carbocycles. The Morgan fingerprint density at radius 3 is 2.65 bits per heavy atom. The zero-order chi connectivity index (χ0) is 11.6. The Kier molecular flexibility index (Phi) is 4.80. The van der Waals surface area contributed by atoms with E-state index in [0.29, 0.717) is 0 Å². The Bertz CT molecular complexity index is 358. The van der Waals surface area contributed by atoms with Crippen molar-refractivity contribution >= 4 is 12.4 Å². The Labute approximate surface area is 109 Å². The molecule has 17 heavy (non-hydrogen) atoms. The third kappa shape index (κ3) is 3.35. The Morgan fingerprint density at radius 2 is 2.06 bits per heavy atom. The summed E-state index contributed by atoms with van der Waals surface area (Å²) in [4.78, 5) is 0. The van der Waals surface area contributed by atoms with Crippen LogP contribution in [0, 0.1) is 5.41 Å². The van der Waals surface area contributed by atoms with Crippen molar-refractivity contribution in [2.75, 3.05) is 20.3 Å². The van der Waals surface area contributed by atoms with Crippen LogP contribution in [-0.2, 0) is 4.74 Å². The number of para-hydroxylation sites is 1. The van der Waals surface area contributed by atoms with Gasteiger partial charge in [-0.05, 0) is 6.07 Å². The molecule has 0 spiro atoms. The van der Waals surface area contributed by atoms with E-state index in [9.17, 15) is 0 Å². The van der Waals surface area contributed by atoms with E-state index in [1.54, 1.807) is 7.11 Å². The summed E-state index contributed by atoms with van der Waals surface area (Å²) in [6.45, 7) is 6.11. The maximum absolute atomic E-state index is 5.83. The van der Waals surface area contributed by atoms with Gasteiger partial charge in [-0.15, -0.1) is 12.4 Å². The first-order valence-electron chi connectivity index (χ1n) is 5.60. The lowest BCUT2D eigenvalue weighted by Gasteiger charge is -2.36. The molecule has 1 unspecified atom stereocenters. The summed E-state index contributed by atoms with van der Waals surface area (Å²) in [6, 6.07) is 7.96. The minimum atomic E-state index is -0.0517. The van der Waals surface area contributed by atoms with Crippen molar-refractivity contribution in [1.82, 2.24) is 5.32 Å². The molecule has 1 saturated heterocycles. The molecule has 1 N–H and O–H groups in total. The number of benzene rings is 1. The van der Waals surface area contributed by atoms with Gasteiger partial charge in [0.05, 0.1) is 13.7 Å². The lowest BCUT2D eigenvalue weighted by Crippen LogP contribution is -2.43. The zero-order valence-corrected chi connectivity index (χ0v) is 11.3. The molecule has 96 valence electrons. The first-order chi connectivity index (χ1) is 7.62. The van der Waals surface area contributed by atoms with Gasteiger partial charge in [0.2, 0.25) is 0 Å². The summed E-state index contributed by atoms with van der Waals surface area (Å²) in [7, 11) is 1.69. The quantitative estimate of drug-likeness (QED) is 0.884. The van der Waals surface area contributed by atoms with Crippen LogP contribution in [0.2, 0.25) is 0 Å². The Hall–Kier alpha value is -0.770. The number of nitrogens with one attached hydrogen (secondary N) is 1. The van der Waals surface area contributed by atoms with Gasteiger partial charge in [-0.25, -0.2) is 0 Å². The molecule has 2 rings (SSSR count). The predicted octanol–water partition coefficient (Wildman–Crippen LogP) is 2.76. The van der Waals surface area contributed by atoms with E-state index in [-0.39, 0.29) is 24.0 Å². The van der Waals surface area contributed by atoms with E-state index in [2.05, 4.69) is 19.2 Å². The van der Waals surface area contributed by atoms with Crippen molar-refractivity contribution in [2.45, 2.75) is 20.1 Å². The second kappa shape index (κ2) is 5.71. The van der Waals surface area contributed by atoms with Crippen molar-refractivity contribution in [3.63, 3.8) is 0 Å². The summed E-state index contributed by atoms with van der Waals surface area (Å²) in [6.07, 6.45) is -0.0517. The van der Waals surface area contributed by atoms with Crippen LogP contribution >= 0.6 is 12.4 Å². The average Bonchev–Trinajstić information content (AvgIpc) is 2.29. The van der Waals surface area contributed by atoms with Gasteiger partial charge < -0.3 is 9.47 Å². The molecule has 1 aliphatic heterocycles. The predicted molar refractivity (Wildman–Crippen MR) is 70.7 cm³/mol. The van der Waals surface area contributed by atoms with E-state index in [1.807, 2.05) is 24.3 Å². The van der Waals surface area contributed by atoms with Gasteiger partial charge in [-0.1, -0.05) is 32.0 Å². The maximum Gasteiger partial charge on any atom is 0.137 e. The van der Waals surface area contributed by atoms with Crippen molar-refractivity contribution in [3.05, 3.63) is 29.8 Å². The van der Waals surface area contributed by atoms with Gasteiger partial charge in [-0.3, -0.25) is 5.32 Å². The molecule has 1 aliphatic rings. The third-order valence-corrected chi connectivity index (χ3v) is 2.83. The van der Waals surface area contributed by atoms with Crippen molar-refractivity contribution in [1.29, 1.82) is 0 Å².